The number of rotatable bonds is 5. The lowest BCUT2D eigenvalue weighted by atomic mass is 10.1. The molecule has 100 valence electrons. The van der Waals surface area contributed by atoms with E-state index in [1.54, 1.807) is 4.90 Å². The molecule has 1 rings (SSSR count). The van der Waals surface area contributed by atoms with Gasteiger partial charge in [0.05, 0.1) is 6.61 Å². The smallest absolute Gasteiger partial charge is 0.409 e. The fourth-order valence-corrected chi connectivity index (χ4v) is 1.82. The van der Waals surface area contributed by atoms with Crippen molar-refractivity contribution in [2.45, 2.75) is 20.3 Å². The maximum atomic E-state index is 11.5. The fourth-order valence-electron chi connectivity index (χ4n) is 1.82. The number of amides is 1. The topological polar surface area (TPSA) is 53.0 Å². The highest BCUT2D eigenvalue weighted by Crippen LogP contribution is 2.07. The van der Waals surface area contributed by atoms with Crippen LogP contribution in [0.25, 0.3) is 0 Å². The third-order valence-corrected chi connectivity index (χ3v) is 2.97. The summed E-state index contributed by atoms with van der Waals surface area (Å²) in [5, 5.41) is 8.57. The van der Waals surface area contributed by atoms with Crippen LogP contribution in [0, 0.1) is 5.92 Å². The summed E-state index contributed by atoms with van der Waals surface area (Å²) in [4.78, 5) is 15.6. The molecule has 0 aromatic carbocycles. The van der Waals surface area contributed by atoms with Crippen LogP contribution in [0.1, 0.15) is 20.3 Å². The van der Waals surface area contributed by atoms with E-state index in [1.807, 2.05) is 0 Å². The third kappa shape index (κ3) is 5.37. The van der Waals surface area contributed by atoms with Crippen molar-refractivity contribution in [3.8, 4) is 0 Å². The molecule has 0 unspecified atom stereocenters. The Bertz CT molecular complexity index is 226. The van der Waals surface area contributed by atoms with Gasteiger partial charge in [0, 0.05) is 26.2 Å². The van der Waals surface area contributed by atoms with E-state index in [2.05, 4.69) is 18.7 Å². The summed E-state index contributed by atoms with van der Waals surface area (Å²) in [7, 11) is 0. The highest BCUT2D eigenvalue weighted by atomic mass is 16.6. The number of nitrogens with zero attached hydrogens (tertiary/aromatic N) is 2. The minimum Gasteiger partial charge on any atom is -0.447 e. The summed E-state index contributed by atoms with van der Waals surface area (Å²) < 4.78 is 4.88. The Morgan fingerprint density at radius 2 is 1.94 bits per heavy atom. The quantitative estimate of drug-likeness (QED) is 0.776. The van der Waals surface area contributed by atoms with Crippen LogP contribution in [0.4, 0.5) is 4.79 Å². The number of aliphatic hydroxyl groups excluding tert-OH is 1. The SMILES string of the molecule is CC(C)CCN1CCN(C(=O)OCCO)CC1. The molecule has 1 N–H and O–H groups in total. The Kier molecular flexibility index (Phi) is 6.29. The Hall–Kier alpha value is -0.810. The van der Waals surface area contributed by atoms with E-state index < -0.39 is 0 Å². The fraction of sp³-hybridized carbons (Fsp3) is 0.917. The molecule has 1 amide bonds. The summed E-state index contributed by atoms with van der Waals surface area (Å²) in [6.07, 6.45) is 0.900. The normalized spacial score (nSPS) is 17.5. The molecule has 1 saturated heterocycles. The van der Waals surface area contributed by atoms with Crippen molar-refractivity contribution in [2.75, 3.05) is 45.9 Å². The van der Waals surface area contributed by atoms with Gasteiger partial charge in [-0.25, -0.2) is 4.79 Å². The lowest BCUT2D eigenvalue weighted by Gasteiger charge is -2.34. The predicted molar refractivity (Wildman–Crippen MR) is 65.9 cm³/mol. The van der Waals surface area contributed by atoms with Crippen LogP contribution in [0.3, 0.4) is 0 Å². The van der Waals surface area contributed by atoms with E-state index in [4.69, 9.17) is 9.84 Å². The van der Waals surface area contributed by atoms with Gasteiger partial charge >= 0.3 is 6.09 Å². The lowest BCUT2D eigenvalue weighted by molar-refractivity contribution is 0.0635. The maximum Gasteiger partial charge on any atom is 0.409 e. The number of hydrogen-bond donors (Lipinski definition) is 1. The monoisotopic (exact) mass is 244 g/mol. The lowest BCUT2D eigenvalue weighted by Crippen LogP contribution is -2.49. The van der Waals surface area contributed by atoms with Crippen molar-refractivity contribution >= 4 is 6.09 Å². The highest BCUT2D eigenvalue weighted by Gasteiger charge is 2.21. The third-order valence-electron chi connectivity index (χ3n) is 2.97. The Labute approximate surface area is 103 Å². The van der Waals surface area contributed by atoms with Crippen molar-refractivity contribution in [3.63, 3.8) is 0 Å². The van der Waals surface area contributed by atoms with Gasteiger partial charge in [-0.3, -0.25) is 4.90 Å². The molecule has 0 aromatic heterocycles. The van der Waals surface area contributed by atoms with Crippen molar-refractivity contribution < 1.29 is 14.6 Å². The van der Waals surface area contributed by atoms with E-state index >= 15 is 0 Å². The molecule has 5 nitrogen and oxygen atoms in total. The average Bonchev–Trinajstić information content (AvgIpc) is 2.34. The second-order valence-electron chi connectivity index (χ2n) is 4.85. The van der Waals surface area contributed by atoms with E-state index in [1.165, 1.54) is 6.42 Å². The molecule has 0 spiro atoms. The summed E-state index contributed by atoms with van der Waals surface area (Å²) >= 11 is 0. The Balaban J connectivity index is 2.18. The number of hydrogen-bond acceptors (Lipinski definition) is 4. The zero-order valence-corrected chi connectivity index (χ0v) is 10.9. The molecule has 0 atom stereocenters. The van der Waals surface area contributed by atoms with Gasteiger partial charge in [0.25, 0.3) is 0 Å². The van der Waals surface area contributed by atoms with Gasteiger partial charge in [-0.15, -0.1) is 0 Å². The highest BCUT2D eigenvalue weighted by molar-refractivity contribution is 5.67. The minimum atomic E-state index is -0.303. The van der Waals surface area contributed by atoms with Gasteiger partial charge in [0.2, 0.25) is 0 Å². The van der Waals surface area contributed by atoms with E-state index in [9.17, 15) is 4.79 Å². The van der Waals surface area contributed by atoms with Crippen molar-refractivity contribution in [1.29, 1.82) is 0 Å². The van der Waals surface area contributed by atoms with Crippen molar-refractivity contribution in [3.05, 3.63) is 0 Å². The first-order valence-corrected chi connectivity index (χ1v) is 6.38. The molecular formula is C12H24N2O3. The molecule has 1 aliphatic heterocycles. The van der Waals surface area contributed by atoms with Crippen LogP contribution in [-0.2, 0) is 4.74 Å². The molecule has 0 radical (unpaired) electrons. The van der Waals surface area contributed by atoms with Crippen LogP contribution in [0.5, 0.6) is 0 Å². The van der Waals surface area contributed by atoms with Crippen LogP contribution in [0.15, 0.2) is 0 Å². The number of ether oxygens (including phenoxy) is 1. The van der Waals surface area contributed by atoms with Gasteiger partial charge in [-0.05, 0) is 18.9 Å². The first-order chi connectivity index (χ1) is 8.13. The minimum absolute atomic E-state index is 0.0897. The van der Waals surface area contributed by atoms with E-state index in [0.29, 0.717) is 0 Å². The molecular weight excluding hydrogens is 220 g/mol. The molecule has 0 aromatic rings. The summed E-state index contributed by atoms with van der Waals surface area (Å²) in [5.74, 6) is 0.725. The van der Waals surface area contributed by atoms with E-state index in [0.717, 1.165) is 38.6 Å². The maximum absolute atomic E-state index is 11.5. The zero-order chi connectivity index (χ0) is 12.7. The molecule has 1 aliphatic rings. The van der Waals surface area contributed by atoms with Gasteiger partial charge in [0.15, 0.2) is 0 Å². The molecule has 5 heteroatoms. The van der Waals surface area contributed by atoms with Crippen molar-refractivity contribution in [1.82, 2.24) is 9.80 Å². The van der Waals surface area contributed by atoms with Crippen LogP contribution in [-0.4, -0.2) is 66.9 Å². The average molecular weight is 244 g/mol. The molecule has 0 bridgehead atoms. The van der Waals surface area contributed by atoms with Crippen LogP contribution >= 0.6 is 0 Å². The second kappa shape index (κ2) is 7.50. The van der Waals surface area contributed by atoms with Gasteiger partial charge in [0.1, 0.15) is 6.61 Å². The van der Waals surface area contributed by atoms with Gasteiger partial charge < -0.3 is 14.7 Å². The first kappa shape index (κ1) is 14.3. The van der Waals surface area contributed by atoms with Crippen molar-refractivity contribution in [2.24, 2.45) is 5.92 Å². The first-order valence-electron chi connectivity index (χ1n) is 6.38. The second-order valence-corrected chi connectivity index (χ2v) is 4.85. The van der Waals surface area contributed by atoms with Gasteiger partial charge in [-0.1, -0.05) is 13.8 Å². The molecule has 17 heavy (non-hydrogen) atoms. The number of piperazine rings is 1. The summed E-state index contributed by atoms with van der Waals surface area (Å²) in [6, 6.07) is 0. The van der Waals surface area contributed by atoms with Crippen LogP contribution < -0.4 is 0 Å². The van der Waals surface area contributed by atoms with Gasteiger partial charge in [-0.2, -0.15) is 0 Å². The molecule has 1 fully saturated rings. The Morgan fingerprint density at radius 1 is 1.29 bits per heavy atom. The molecule has 0 aliphatic carbocycles. The largest absolute Gasteiger partial charge is 0.447 e. The Morgan fingerprint density at radius 3 is 2.47 bits per heavy atom. The predicted octanol–water partition coefficient (Wildman–Crippen LogP) is 0.779. The summed E-state index contributed by atoms with van der Waals surface area (Å²) in [5.41, 5.74) is 0. The number of aliphatic hydroxyl groups is 1. The standard InChI is InChI=1S/C12H24N2O3/c1-11(2)3-4-13-5-7-14(8-6-13)12(16)17-10-9-15/h11,15H,3-10H2,1-2H3. The molecule has 0 saturated carbocycles. The van der Waals surface area contributed by atoms with Crippen LogP contribution in [0.2, 0.25) is 0 Å². The molecule has 1 heterocycles. The van der Waals surface area contributed by atoms with E-state index in [-0.39, 0.29) is 19.3 Å². The number of carbonyl (C=O) groups excluding carboxylic acids is 1. The zero-order valence-electron chi connectivity index (χ0n) is 10.9. The number of carbonyl (C=O) groups is 1. The summed E-state index contributed by atoms with van der Waals surface area (Å²) in [6.45, 7) is 8.82.